The van der Waals surface area contributed by atoms with E-state index in [1.165, 1.54) is 0 Å². The molecule has 1 nitrogen and oxygen atoms in total. The Kier molecular flexibility index (Phi) is 5.77. The smallest absolute Gasteiger partial charge is 0.236 e. The molecular weight excluding hydrogens is 363 g/mol. The summed E-state index contributed by atoms with van der Waals surface area (Å²) in [6.45, 7) is 0. The summed E-state index contributed by atoms with van der Waals surface area (Å²) >= 11 is 11.7. The molecule has 3 rings (SSSR count). The molecule has 3 aromatic rings. The second kappa shape index (κ2) is 8.41. The van der Waals surface area contributed by atoms with Crippen LogP contribution in [0.1, 0.15) is 27.0 Å². The van der Waals surface area contributed by atoms with Crippen molar-refractivity contribution in [2.75, 3.05) is 0 Å². The van der Waals surface area contributed by atoms with Crippen LogP contribution in [0.2, 0.25) is 10.0 Å². The highest BCUT2D eigenvalue weighted by molar-refractivity contribution is 6.30. The summed E-state index contributed by atoms with van der Waals surface area (Å²) in [4.78, 5) is 12.2. The van der Waals surface area contributed by atoms with Crippen molar-refractivity contribution < 1.29 is 4.79 Å². The number of halogens is 2. The first-order valence-corrected chi connectivity index (χ1v) is 8.55. The lowest BCUT2D eigenvalue weighted by atomic mass is 10.1. The Balaban J connectivity index is 1.70. The zero-order chi connectivity index (χ0) is 18.4. The highest BCUT2D eigenvalue weighted by Crippen LogP contribution is 2.10. The Morgan fingerprint density at radius 3 is 1.42 bits per heavy atom. The molecule has 0 atom stereocenters. The van der Waals surface area contributed by atoms with Crippen LogP contribution in [-0.2, 0) is 0 Å². The van der Waals surface area contributed by atoms with Gasteiger partial charge in [-0.3, -0.25) is 4.79 Å². The van der Waals surface area contributed by atoms with E-state index >= 15 is 0 Å². The van der Waals surface area contributed by atoms with Crippen LogP contribution in [0.4, 0.5) is 0 Å². The average Bonchev–Trinajstić information content (AvgIpc) is 2.67. The molecule has 0 radical (unpaired) electrons. The van der Waals surface area contributed by atoms with Crippen LogP contribution in [0, 0.1) is 23.7 Å². The van der Waals surface area contributed by atoms with Crippen LogP contribution in [0.15, 0.2) is 72.8 Å². The van der Waals surface area contributed by atoms with Gasteiger partial charge in [0, 0.05) is 32.3 Å². The van der Waals surface area contributed by atoms with Crippen molar-refractivity contribution in [3.05, 3.63) is 105 Å². The summed E-state index contributed by atoms with van der Waals surface area (Å²) in [6.07, 6.45) is 0. The minimum absolute atomic E-state index is 0.239. The van der Waals surface area contributed by atoms with Gasteiger partial charge < -0.3 is 0 Å². The highest BCUT2D eigenvalue weighted by Gasteiger charge is 2.01. The van der Waals surface area contributed by atoms with Gasteiger partial charge in [-0.05, 0) is 78.7 Å². The lowest BCUT2D eigenvalue weighted by Crippen LogP contribution is -1.94. The lowest BCUT2D eigenvalue weighted by molar-refractivity contribution is 0.105. The van der Waals surface area contributed by atoms with Crippen LogP contribution < -0.4 is 0 Å². The Morgan fingerprint density at radius 2 is 0.962 bits per heavy atom. The van der Waals surface area contributed by atoms with Gasteiger partial charge in [-0.2, -0.15) is 0 Å². The zero-order valence-corrected chi connectivity index (χ0v) is 15.1. The molecule has 0 saturated carbocycles. The van der Waals surface area contributed by atoms with Crippen molar-refractivity contribution in [1.82, 2.24) is 0 Å². The summed E-state index contributed by atoms with van der Waals surface area (Å²) in [5.41, 5.74) is 2.97. The standard InChI is InChI=1S/C23H12Cl2O/c24-21-12-5-18(6-13-21)2-1-17-3-10-20(11-4-17)23(26)16-9-19-7-14-22(25)15-8-19/h3-8,10-15H. The maximum Gasteiger partial charge on any atom is 0.236 e. The Morgan fingerprint density at radius 1 is 0.577 bits per heavy atom. The largest absolute Gasteiger partial charge is 0.279 e. The first kappa shape index (κ1) is 17.8. The van der Waals surface area contributed by atoms with Gasteiger partial charge in [-0.1, -0.05) is 41.0 Å². The highest BCUT2D eigenvalue weighted by atomic mass is 35.5. The van der Waals surface area contributed by atoms with E-state index < -0.39 is 0 Å². The van der Waals surface area contributed by atoms with E-state index in [-0.39, 0.29) is 5.78 Å². The van der Waals surface area contributed by atoms with Crippen LogP contribution in [0.5, 0.6) is 0 Å². The maximum absolute atomic E-state index is 12.2. The van der Waals surface area contributed by atoms with Crippen molar-refractivity contribution in [3.8, 4) is 23.7 Å². The normalized spacial score (nSPS) is 9.46. The molecule has 3 aromatic carbocycles. The lowest BCUT2D eigenvalue weighted by Gasteiger charge is -1.95. The number of ketones is 1. The van der Waals surface area contributed by atoms with Crippen molar-refractivity contribution in [3.63, 3.8) is 0 Å². The summed E-state index contributed by atoms with van der Waals surface area (Å²) in [6, 6.07) is 21.4. The molecule has 0 aromatic heterocycles. The number of carbonyl (C=O) groups excluding carboxylic acids is 1. The first-order chi connectivity index (χ1) is 12.6. The molecule has 0 amide bonds. The number of Topliss-reactive ketones (excluding diaryl/α,β-unsaturated/α-hetero) is 1. The second-order valence-electron chi connectivity index (χ2n) is 5.42. The van der Waals surface area contributed by atoms with Crippen LogP contribution in [0.25, 0.3) is 0 Å². The van der Waals surface area contributed by atoms with Crippen molar-refractivity contribution >= 4 is 29.0 Å². The number of hydrogen-bond donors (Lipinski definition) is 0. The Bertz CT molecular complexity index is 1040. The fourth-order valence-corrected chi connectivity index (χ4v) is 2.37. The van der Waals surface area contributed by atoms with Gasteiger partial charge in [0.1, 0.15) is 0 Å². The van der Waals surface area contributed by atoms with E-state index in [9.17, 15) is 4.79 Å². The van der Waals surface area contributed by atoms with E-state index in [4.69, 9.17) is 23.2 Å². The predicted octanol–water partition coefficient (Wildman–Crippen LogP) is 5.63. The fourth-order valence-electron chi connectivity index (χ4n) is 2.12. The van der Waals surface area contributed by atoms with Crippen molar-refractivity contribution in [1.29, 1.82) is 0 Å². The van der Waals surface area contributed by atoms with E-state index in [0.29, 0.717) is 15.6 Å². The molecule has 26 heavy (non-hydrogen) atoms. The average molecular weight is 375 g/mol. The molecule has 0 spiro atoms. The molecule has 0 unspecified atom stereocenters. The third kappa shape index (κ3) is 5.01. The molecule has 0 aliphatic heterocycles. The van der Waals surface area contributed by atoms with Gasteiger partial charge in [0.25, 0.3) is 0 Å². The van der Waals surface area contributed by atoms with Crippen molar-refractivity contribution in [2.45, 2.75) is 0 Å². The number of carbonyl (C=O) groups is 1. The molecule has 0 aliphatic carbocycles. The van der Waals surface area contributed by atoms with Gasteiger partial charge >= 0.3 is 0 Å². The SMILES string of the molecule is O=C(C#Cc1ccc(Cl)cc1)c1ccc(C#Cc2ccc(Cl)cc2)cc1. The molecule has 3 heteroatoms. The molecule has 0 heterocycles. The molecule has 0 bridgehead atoms. The van der Waals surface area contributed by atoms with Crippen LogP contribution >= 0.6 is 23.2 Å². The van der Waals surface area contributed by atoms with Gasteiger partial charge in [0.2, 0.25) is 5.78 Å². The molecule has 0 fully saturated rings. The number of benzene rings is 3. The molecule has 124 valence electrons. The van der Waals surface area contributed by atoms with E-state index in [1.807, 2.05) is 12.1 Å². The van der Waals surface area contributed by atoms with Gasteiger partial charge in [-0.25, -0.2) is 0 Å². The van der Waals surface area contributed by atoms with Crippen LogP contribution in [0.3, 0.4) is 0 Å². The quantitative estimate of drug-likeness (QED) is 0.398. The Labute approximate surface area is 162 Å². The molecular formula is C23H12Cl2O. The predicted molar refractivity (Wildman–Crippen MR) is 107 cm³/mol. The first-order valence-electron chi connectivity index (χ1n) is 7.80. The van der Waals surface area contributed by atoms with Crippen LogP contribution in [-0.4, -0.2) is 5.78 Å². The third-order valence-electron chi connectivity index (χ3n) is 3.51. The summed E-state index contributed by atoms with van der Waals surface area (Å²) in [7, 11) is 0. The van der Waals surface area contributed by atoms with Gasteiger partial charge in [0.15, 0.2) is 0 Å². The summed E-state index contributed by atoms with van der Waals surface area (Å²) < 4.78 is 0. The van der Waals surface area contributed by atoms with E-state index in [1.54, 1.807) is 60.7 Å². The maximum atomic E-state index is 12.2. The summed E-state index contributed by atoms with van der Waals surface area (Å²) in [5.74, 6) is 11.3. The monoisotopic (exact) mass is 374 g/mol. The minimum atomic E-state index is -0.239. The molecule has 0 aliphatic rings. The number of hydrogen-bond acceptors (Lipinski definition) is 1. The van der Waals surface area contributed by atoms with E-state index in [2.05, 4.69) is 23.7 Å². The number of rotatable bonds is 1. The zero-order valence-electron chi connectivity index (χ0n) is 13.6. The summed E-state index contributed by atoms with van der Waals surface area (Å²) in [5, 5.41) is 1.32. The van der Waals surface area contributed by atoms with E-state index in [0.717, 1.165) is 16.7 Å². The molecule has 0 N–H and O–H groups in total. The van der Waals surface area contributed by atoms with Gasteiger partial charge in [-0.15, -0.1) is 0 Å². The Hall–Kier alpha value is -2.97. The third-order valence-corrected chi connectivity index (χ3v) is 4.01. The molecule has 0 saturated heterocycles. The second-order valence-corrected chi connectivity index (χ2v) is 6.29. The van der Waals surface area contributed by atoms with Crippen molar-refractivity contribution in [2.24, 2.45) is 0 Å². The minimum Gasteiger partial charge on any atom is -0.279 e. The fraction of sp³-hybridized carbons (Fsp3) is 0. The van der Waals surface area contributed by atoms with Gasteiger partial charge in [0.05, 0.1) is 0 Å². The topological polar surface area (TPSA) is 17.1 Å².